The molecule has 0 atom stereocenters. The van der Waals surface area contributed by atoms with Crippen molar-refractivity contribution in [2.24, 2.45) is 9.98 Å². The number of hydrogen-bond acceptors (Lipinski definition) is 8. The number of hydrogen-bond donors (Lipinski definition) is 2. The Balaban J connectivity index is 0.00000174. The molecule has 0 aromatic heterocycles. The molecule has 239 valence electrons. The number of aliphatic carboxylic acids is 2. The zero-order valence-corrected chi connectivity index (χ0v) is 30.2. The minimum atomic E-state index is -1.46. The number of phenolic OH excluding ortho intramolecular Hbond substituents is 2. The molecule has 11 heteroatoms. The quantitative estimate of drug-likeness (QED) is 0.357. The molecule has 0 bridgehead atoms. The third-order valence-electron chi connectivity index (χ3n) is 6.91. The van der Waals surface area contributed by atoms with Crippen LogP contribution in [0.1, 0.15) is 61.8 Å². The minimum Gasteiger partial charge on any atom is -0.550 e. The van der Waals surface area contributed by atoms with Gasteiger partial charge in [0.2, 0.25) is 0 Å². The van der Waals surface area contributed by atoms with Gasteiger partial charge in [-0.2, -0.15) is 0 Å². The van der Waals surface area contributed by atoms with Crippen molar-refractivity contribution in [3.8, 4) is 11.5 Å². The Morgan fingerprint density at radius 3 is 1.19 bits per heavy atom. The summed E-state index contributed by atoms with van der Waals surface area (Å²) in [5.41, 5.74) is 3.53. The molecule has 0 unspecified atom stereocenters. The topological polar surface area (TPSA) is 145 Å². The predicted molar refractivity (Wildman–Crippen MR) is 174 cm³/mol. The van der Waals surface area contributed by atoms with Crippen molar-refractivity contribution in [2.75, 3.05) is 0 Å². The summed E-state index contributed by atoms with van der Waals surface area (Å²) >= 11 is 0. The maximum absolute atomic E-state index is 10.5. The monoisotopic (exact) mass is 671 g/mol. The average Bonchev–Trinajstić information content (AvgIpc) is 2.84. The standard InChI is InChI=1S/C28H42N2O2Si2.2C2H4O2.Co/c1-19-13-25(33(3,4)5)15-21(27(19)31)17-29-23-9-11-24(12-10-23)30-18-22-16-26(34(6,7)8)14-20(2)28(22)32;2*1-2(3)4;/h13-18,23-24,31-32H,9-12H2,1-8H3;2*1H3,(H,3,4);/q;;;+2/p-2. The van der Waals surface area contributed by atoms with E-state index >= 15 is 0 Å². The predicted octanol–water partition coefficient (Wildman–Crippen LogP) is 3.16. The fourth-order valence-corrected chi connectivity index (χ4v) is 6.88. The number of rotatable bonds is 6. The van der Waals surface area contributed by atoms with E-state index in [1.807, 2.05) is 26.3 Å². The van der Waals surface area contributed by atoms with Crippen molar-refractivity contribution < 1.29 is 46.8 Å². The number of carbonyl (C=O) groups excluding carboxylic acids is 2. The molecule has 8 nitrogen and oxygen atoms in total. The molecule has 1 aliphatic carbocycles. The first-order valence-electron chi connectivity index (χ1n) is 14.3. The van der Waals surface area contributed by atoms with E-state index in [4.69, 9.17) is 29.8 Å². The normalized spacial score (nSPS) is 16.9. The summed E-state index contributed by atoms with van der Waals surface area (Å²) in [6, 6.07) is 9.04. The van der Waals surface area contributed by atoms with Crippen molar-refractivity contribution in [1.82, 2.24) is 0 Å². The molecular weight excluding hydrogens is 623 g/mol. The molecule has 0 saturated heterocycles. The van der Waals surface area contributed by atoms with E-state index in [1.165, 1.54) is 10.4 Å². The molecular formula is C32H48CoN2O6Si2. The second-order valence-electron chi connectivity index (χ2n) is 13.0. The van der Waals surface area contributed by atoms with Gasteiger partial charge in [0, 0.05) is 35.5 Å². The first-order valence-corrected chi connectivity index (χ1v) is 21.3. The number of aromatic hydroxyl groups is 2. The number of carbonyl (C=O) groups is 2. The SMILES string of the molecule is CC(=O)[O-].CC(=O)[O-].Cc1cc([Si](C)(C)C)cc(C=NC2CCC(N=Cc3cc([Si](C)(C)C)cc(C)c3O)CC2)c1O.[Co+2]. The molecule has 0 amide bonds. The van der Waals surface area contributed by atoms with E-state index in [9.17, 15) is 10.2 Å². The maximum Gasteiger partial charge on any atom is 2.00 e. The largest absolute Gasteiger partial charge is 2.00 e. The Bertz CT molecular complexity index is 1180. The van der Waals surface area contributed by atoms with Gasteiger partial charge in [-0.15, -0.1) is 0 Å². The summed E-state index contributed by atoms with van der Waals surface area (Å²) in [4.78, 5) is 27.5. The van der Waals surface area contributed by atoms with Crippen LogP contribution in [-0.2, 0) is 26.4 Å². The van der Waals surface area contributed by atoms with Gasteiger partial charge in [0.1, 0.15) is 11.5 Å². The van der Waals surface area contributed by atoms with Crippen LogP contribution in [0.5, 0.6) is 11.5 Å². The maximum atomic E-state index is 10.5. The summed E-state index contributed by atoms with van der Waals surface area (Å²) in [6.45, 7) is 19.8. The van der Waals surface area contributed by atoms with Crippen LogP contribution in [0.3, 0.4) is 0 Å². The molecule has 43 heavy (non-hydrogen) atoms. The summed E-state index contributed by atoms with van der Waals surface area (Å²) in [5, 5.41) is 41.5. The summed E-state index contributed by atoms with van der Waals surface area (Å²) in [7, 11) is -2.92. The molecule has 2 aromatic rings. The van der Waals surface area contributed by atoms with Gasteiger partial charge in [-0.25, -0.2) is 0 Å². The van der Waals surface area contributed by atoms with Gasteiger partial charge in [-0.05, 0) is 64.5 Å². The summed E-state index contributed by atoms with van der Waals surface area (Å²) in [6.07, 6.45) is 7.72. The Kier molecular flexibility index (Phi) is 16.4. The first-order chi connectivity index (χ1) is 19.2. The molecule has 2 aromatic carbocycles. The van der Waals surface area contributed by atoms with Gasteiger partial charge < -0.3 is 30.0 Å². The Morgan fingerprint density at radius 2 is 0.953 bits per heavy atom. The van der Waals surface area contributed by atoms with E-state index in [-0.39, 0.29) is 28.9 Å². The van der Waals surface area contributed by atoms with Crippen molar-refractivity contribution in [2.45, 2.75) is 105 Å². The third kappa shape index (κ3) is 14.5. The van der Waals surface area contributed by atoms with Gasteiger partial charge in [0.15, 0.2) is 0 Å². The number of benzene rings is 2. The van der Waals surface area contributed by atoms with Gasteiger partial charge in [-0.1, -0.05) is 73.9 Å². The zero-order chi connectivity index (χ0) is 32.4. The van der Waals surface area contributed by atoms with Crippen LogP contribution in [-0.4, -0.2) is 62.8 Å². The van der Waals surface area contributed by atoms with Crippen LogP contribution in [0, 0.1) is 13.8 Å². The molecule has 0 heterocycles. The number of carboxylic acids is 2. The van der Waals surface area contributed by atoms with Crippen LogP contribution in [0.25, 0.3) is 0 Å². The van der Waals surface area contributed by atoms with E-state index in [0.717, 1.165) is 61.8 Å². The molecule has 3 rings (SSSR count). The first kappa shape index (κ1) is 40.3. The van der Waals surface area contributed by atoms with Gasteiger partial charge in [0.25, 0.3) is 0 Å². The van der Waals surface area contributed by atoms with Crippen molar-refractivity contribution in [3.63, 3.8) is 0 Å². The summed E-state index contributed by atoms with van der Waals surface area (Å²) in [5.74, 6) is -1.47. The van der Waals surface area contributed by atoms with Gasteiger partial charge in [-0.3, -0.25) is 9.98 Å². The van der Waals surface area contributed by atoms with Crippen LogP contribution in [0.2, 0.25) is 39.3 Å². The fraction of sp³-hybridized carbons (Fsp3) is 0.500. The van der Waals surface area contributed by atoms with E-state index < -0.39 is 28.1 Å². The fourth-order valence-electron chi connectivity index (χ4n) is 4.40. The minimum absolute atomic E-state index is 0. The van der Waals surface area contributed by atoms with E-state index in [1.54, 1.807) is 0 Å². The number of carboxylic acid groups (broad SMARTS) is 2. The molecule has 1 fully saturated rings. The average molecular weight is 672 g/mol. The smallest absolute Gasteiger partial charge is 0.550 e. The van der Waals surface area contributed by atoms with Crippen LogP contribution >= 0.6 is 0 Å². The number of phenols is 2. The van der Waals surface area contributed by atoms with Crippen LogP contribution in [0.15, 0.2) is 34.3 Å². The van der Waals surface area contributed by atoms with Crippen molar-refractivity contribution >= 4 is 50.9 Å². The Labute approximate surface area is 269 Å². The molecule has 1 saturated carbocycles. The molecule has 0 spiro atoms. The Hall–Kier alpha value is -2.74. The van der Waals surface area contributed by atoms with E-state index in [2.05, 4.69) is 63.5 Å². The number of nitrogens with zero attached hydrogens (tertiary/aromatic N) is 2. The second-order valence-corrected chi connectivity index (χ2v) is 23.1. The van der Waals surface area contributed by atoms with E-state index in [0.29, 0.717) is 11.5 Å². The summed E-state index contributed by atoms with van der Waals surface area (Å²) < 4.78 is 0. The zero-order valence-electron chi connectivity index (χ0n) is 27.2. The van der Waals surface area contributed by atoms with Crippen LogP contribution < -0.4 is 20.6 Å². The number of aliphatic imine (C=N–C) groups is 2. The molecule has 0 aliphatic heterocycles. The van der Waals surface area contributed by atoms with Gasteiger partial charge in [0.05, 0.1) is 28.2 Å². The third-order valence-corrected chi connectivity index (χ3v) is 10.9. The van der Waals surface area contributed by atoms with Crippen LogP contribution in [0.4, 0.5) is 0 Å². The molecule has 1 aliphatic rings. The molecule has 2 N–H and O–H groups in total. The van der Waals surface area contributed by atoms with Crippen molar-refractivity contribution in [3.05, 3.63) is 46.5 Å². The molecule has 1 radical (unpaired) electrons. The van der Waals surface area contributed by atoms with Gasteiger partial charge >= 0.3 is 16.8 Å². The second kappa shape index (κ2) is 17.5. The Morgan fingerprint density at radius 1 is 0.698 bits per heavy atom. The number of aryl methyl sites for hydroxylation is 2. The van der Waals surface area contributed by atoms with Crippen molar-refractivity contribution in [1.29, 1.82) is 0 Å².